The molecule has 280 valence electrons. The fourth-order valence-electron chi connectivity index (χ4n) is 9.53. The molecule has 3 aromatic heterocycles. The molecule has 0 bridgehead atoms. The first-order valence-electron chi connectivity index (χ1n) is 20.3. The zero-order valence-electron chi connectivity index (χ0n) is 32.2. The smallest absolute Gasteiger partial charge is 0.143 e. The standard InChI is InChI=1S/C56H33NO3/c1-2-14-37-33-52-46(32-36(37)13-1)53-43(19-10-24-50(53)58-52)41-16-5-7-21-47(41)57(48-22-11-25-51-54(48)45-31-28-34-12-3-4-15-39(34)56(45)60-51)38-29-26-35(27-30-38)40-18-9-20-44-42-17-6-8-23-49(42)59-55(40)44/h1-33H. The molecule has 0 aliphatic heterocycles. The molecule has 3 heterocycles. The normalized spacial score (nSPS) is 12.0. The molecule has 0 unspecified atom stereocenters. The first kappa shape index (κ1) is 32.9. The maximum Gasteiger partial charge on any atom is 0.143 e. The number of para-hydroxylation sites is 3. The van der Waals surface area contributed by atoms with Crippen LogP contribution in [-0.4, -0.2) is 0 Å². The van der Waals surface area contributed by atoms with Crippen molar-refractivity contribution in [3.05, 3.63) is 200 Å². The van der Waals surface area contributed by atoms with Gasteiger partial charge in [0.05, 0.1) is 16.8 Å². The minimum absolute atomic E-state index is 0.837. The fourth-order valence-corrected chi connectivity index (χ4v) is 9.53. The first-order valence-corrected chi connectivity index (χ1v) is 20.3. The van der Waals surface area contributed by atoms with E-state index in [2.05, 4.69) is 193 Å². The molecule has 0 amide bonds. The van der Waals surface area contributed by atoms with Crippen molar-refractivity contribution in [2.75, 3.05) is 4.90 Å². The summed E-state index contributed by atoms with van der Waals surface area (Å²) in [7, 11) is 0. The number of hydrogen-bond acceptors (Lipinski definition) is 4. The van der Waals surface area contributed by atoms with Gasteiger partial charge >= 0.3 is 0 Å². The third-order valence-corrected chi connectivity index (χ3v) is 12.2. The summed E-state index contributed by atoms with van der Waals surface area (Å²) < 4.78 is 19.8. The lowest BCUT2D eigenvalue weighted by Crippen LogP contribution is -2.11. The van der Waals surface area contributed by atoms with Crippen LogP contribution in [-0.2, 0) is 0 Å². The number of anilines is 3. The molecule has 10 aromatic carbocycles. The van der Waals surface area contributed by atoms with E-state index in [1.165, 1.54) is 5.39 Å². The number of benzene rings is 10. The van der Waals surface area contributed by atoms with Gasteiger partial charge < -0.3 is 18.2 Å². The van der Waals surface area contributed by atoms with Crippen LogP contribution in [0.15, 0.2) is 213 Å². The van der Waals surface area contributed by atoms with Crippen molar-refractivity contribution in [1.29, 1.82) is 0 Å². The van der Waals surface area contributed by atoms with Gasteiger partial charge in [0.25, 0.3) is 0 Å². The third kappa shape index (κ3) is 4.85. The summed E-state index contributed by atoms with van der Waals surface area (Å²) in [6.45, 7) is 0. The highest BCUT2D eigenvalue weighted by Gasteiger charge is 2.24. The van der Waals surface area contributed by atoms with Gasteiger partial charge in [-0.3, -0.25) is 0 Å². The Hall–Kier alpha value is -8.08. The topological polar surface area (TPSA) is 42.7 Å². The van der Waals surface area contributed by atoms with Gasteiger partial charge in [-0.25, -0.2) is 0 Å². The highest BCUT2D eigenvalue weighted by molar-refractivity contribution is 6.21. The molecular weight excluding hydrogens is 735 g/mol. The molecule has 0 saturated heterocycles. The number of furan rings is 3. The quantitative estimate of drug-likeness (QED) is 0.175. The van der Waals surface area contributed by atoms with E-state index in [0.717, 1.165) is 121 Å². The Morgan fingerprint density at radius 3 is 1.80 bits per heavy atom. The molecule has 0 spiro atoms. The average molecular weight is 768 g/mol. The molecule has 0 N–H and O–H groups in total. The van der Waals surface area contributed by atoms with Crippen LogP contribution in [0.25, 0.3) is 110 Å². The largest absolute Gasteiger partial charge is 0.456 e. The summed E-state index contributed by atoms with van der Waals surface area (Å²) in [6.07, 6.45) is 0. The van der Waals surface area contributed by atoms with E-state index >= 15 is 0 Å². The Labute approximate surface area is 343 Å². The Kier molecular flexibility index (Phi) is 6.98. The molecule has 0 radical (unpaired) electrons. The molecule has 0 saturated carbocycles. The molecular formula is C56H33NO3. The van der Waals surface area contributed by atoms with Gasteiger partial charge in [-0.15, -0.1) is 0 Å². The van der Waals surface area contributed by atoms with Crippen molar-refractivity contribution in [2.24, 2.45) is 0 Å². The van der Waals surface area contributed by atoms with Gasteiger partial charge in [0, 0.05) is 49.1 Å². The molecule has 60 heavy (non-hydrogen) atoms. The summed E-state index contributed by atoms with van der Waals surface area (Å²) in [4.78, 5) is 2.39. The van der Waals surface area contributed by atoms with Crippen molar-refractivity contribution < 1.29 is 13.3 Å². The van der Waals surface area contributed by atoms with Crippen LogP contribution in [0.5, 0.6) is 0 Å². The highest BCUT2D eigenvalue weighted by Crippen LogP contribution is 2.49. The molecule has 4 heteroatoms. The molecule has 0 atom stereocenters. The minimum Gasteiger partial charge on any atom is -0.456 e. The average Bonchev–Trinajstić information content (AvgIpc) is 4.00. The lowest BCUT2D eigenvalue weighted by atomic mass is 9.95. The zero-order valence-corrected chi connectivity index (χ0v) is 32.2. The van der Waals surface area contributed by atoms with Crippen molar-refractivity contribution in [3.63, 3.8) is 0 Å². The lowest BCUT2D eigenvalue weighted by molar-refractivity contribution is 0.669. The van der Waals surface area contributed by atoms with Crippen LogP contribution in [0, 0.1) is 0 Å². The second kappa shape index (κ2) is 12.7. The van der Waals surface area contributed by atoms with Crippen LogP contribution >= 0.6 is 0 Å². The predicted octanol–water partition coefficient (Wildman–Crippen LogP) is 16.5. The van der Waals surface area contributed by atoms with E-state index in [0.29, 0.717) is 0 Å². The van der Waals surface area contributed by atoms with Crippen molar-refractivity contribution in [2.45, 2.75) is 0 Å². The Morgan fingerprint density at radius 2 is 0.917 bits per heavy atom. The van der Waals surface area contributed by atoms with Gasteiger partial charge in [0.2, 0.25) is 0 Å². The third-order valence-electron chi connectivity index (χ3n) is 12.2. The first-order chi connectivity index (χ1) is 29.7. The molecule has 13 aromatic rings. The zero-order chi connectivity index (χ0) is 39.3. The van der Waals surface area contributed by atoms with Crippen LogP contribution in [0.1, 0.15) is 0 Å². The number of nitrogens with zero attached hydrogens (tertiary/aromatic N) is 1. The van der Waals surface area contributed by atoms with Gasteiger partial charge in [0.1, 0.15) is 33.5 Å². The molecule has 0 aliphatic carbocycles. The van der Waals surface area contributed by atoms with Crippen molar-refractivity contribution in [1.82, 2.24) is 0 Å². The SMILES string of the molecule is c1ccc(N(c2ccc(-c3cccc4c3oc3ccccc34)cc2)c2cccc3oc4c5ccccc5ccc4c23)c(-c2cccc3oc4cc5ccccc5cc4c23)c1. The summed E-state index contributed by atoms with van der Waals surface area (Å²) in [6, 6.07) is 70.8. The van der Waals surface area contributed by atoms with Gasteiger partial charge in [-0.1, -0.05) is 140 Å². The maximum atomic E-state index is 6.77. The number of rotatable bonds is 5. The monoisotopic (exact) mass is 767 g/mol. The predicted molar refractivity (Wildman–Crippen MR) is 249 cm³/mol. The van der Waals surface area contributed by atoms with Crippen LogP contribution in [0.2, 0.25) is 0 Å². The van der Waals surface area contributed by atoms with E-state index in [1.54, 1.807) is 0 Å². The van der Waals surface area contributed by atoms with E-state index in [9.17, 15) is 0 Å². The summed E-state index contributed by atoms with van der Waals surface area (Å²) in [5, 5.41) is 11.1. The lowest BCUT2D eigenvalue weighted by Gasteiger charge is -2.29. The highest BCUT2D eigenvalue weighted by atomic mass is 16.3. The van der Waals surface area contributed by atoms with Crippen LogP contribution in [0.3, 0.4) is 0 Å². The summed E-state index contributed by atoms with van der Waals surface area (Å²) in [5.41, 5.74) is 12.7. The number of hydrogen-bond donors (Lipinski definition) is 0. The number of fused-ring (bicyclic) bond motifs is 12. The molecule has 0 fully saturated rings. The Bertz CT molecular complexity index is 3850. The fraction of sp³-hybridized carbons (Fsp3) is 0. The Morgan fingerprint density at radius 1 is 0.300 bits per heavy atom. The van der Waals surface area contributed by atoms with E-state index in [1.807, 2.05) is 12.1 Å². The summed E-state index contributed by atoms with van der Waals surface area (Å²) in [5.74, 6) is 0. The van der Waals surface area contributed by atoms with E-state index in [-0.39, 0.29) is 0 Å². The van der Waals surface area contributed by atoms with Crippen molar-refractivity contribution in [3.8, 4) is 22.3 Å². The van der Waals surface area contributed by atoms with Gasteiger partial charge in [0.15, 0.2) is 0 Å². The van der Waals surface area contributed by atoms with Gasteiger partial charge in [-0.2, -0.15) is 0 Å². The second-order valence-electron chi connectivity index (χ2n) is 15.6. The molecule has 0 aliphatic rings. The molecule has 13 rings (SSSR count). The molecule has 4 nitrogen and oxygen atoms in total. The Balaban J connectivity index is 1.06. The van der Waals surface area contributed by atoms with E-state index < -0.39 is 0 Å². The van der Waals surface area contributed by atoms with Gasteiger partial charge in [-0.05, 0) is 87.9 Å². The van der Waals surface area contributed by atoms with Crippen LogP contribution in [0.4, 0.5) is 17.1 Å². The second-order valence-corrected chi connectivity index (χ2v) is 15.6. The van der Waals surface area contributed by atoms with Crippen molar-refractivity contribution >= 4 is 104 Å². The van der Waals surface area contributed by atoms with E-state index in [4.69, 9.17) is 13.3 Å². The van der Waals surface area contributed by atoms with Crippen LogP contribution < -0.4 is 4.90 Å². The minimum atomic E-state index is 0.837. The summed E-state index contributed by atoms with van der Waals surface area (Å²) >= 11 is 0. The maximum absolute atomic E-state index is 6.77.